The minimum Gasteiger partial charge on any atom is -0.366 e. The Bertz CT molecular complexity index is 955. The summed E-state index contributed by atoms with van der Waals surface area (Å²) in [5.41, 5.74) is 9.59. The Hall–Kier alpha value is -2.87. The number of hydrogen-bond donors (Lipinski definition) is 1. The summed E-state index contributed by atoms with van der Waals surface area (Å²) in [4.78, 5) is 12.4. The molecule has 0 bridgehead atoms. The highest BCUT2D eigenvalue weighted by atomic mass is 16.1. The molecule has 0 saturated heterocycles. The second kappa shape index (κ2) is 21.1. The molecule has 0 aliphatic heterocycles. The summed E-state index contributed by atoms with van der Waals surface area (Å²) < 4.78 is 0. The van der Waals surface area contributed by atoms with E-state index in [2.05, 4.69) is 37.3 Å². The zero-order valence-corrected chi connectivity index (χ0v) is 23.9. The van der Waals surface area contributed by atoms with Crippen molar-refractivity contribution in [3.63, 3.8) is 0 Å². The minimum absolute atomic E-state index is 0.364. The van der Waals surface area contributed by atoms with Gasteiger partial charge in [0.05, 0.1) is 0 Å². The molecule has 0 unspecified atom stereocenters. The topological polar surface area (TPSA) is 43.1 Å². The molecule has 2 N–H and O–H groups in total. The quantitative estimate of drug-likeness (QED) is 0.0767. The monoisotopic (exact) mass is 513 g/mol. The number of unbranched alkanes of at least 4 members (excludes halogenated alkanes) is 13. The highest BCUT2D eigenvalue weighted by molar-refractivity contribution is 6.02. The Morgan fingerprint density at radius 1 is 0.605 bits per heavy atom. The van der Waals surface area contributed by atoms with Crippen molar-refractivity contribution < 1.29 is 4.79 Å². The first-order chi connectivity index (χ1) is 18.7. The Morgan fingerprint density at radius 3 is 1.55 bits per heavy atom. The van der Waals surface area contributed by atoms with E-state index >= 15 is 0 Å². The summed E-state index contributed by atoms with van der Waals surface area (Å²) in [6.07, 6.45) is 29.2. The summed E-state index contributed by atoms with van der Waals surface area (Å²) >= 11 is 0. The molecular weight excluding hydrogens is 462 g/mol. The number of hydrogen-bond acceptors (Lipinski definition) is 1. The van der Waals surface area contributed by atoms with Gasteiger partial charge in [-0.15, -0.1) is 0 Å². The van der Waals surface area contributed by atoms with Crippen molar-refractivity contribution in [2.75, 3.05) is 0 Å². The van der Waals surface area contributed by atoms with Gasteiger partial charge in [-0.05, 0) is 61.3 Å². The molecule has 2 nitrogen and oxygen atoms in total. The first-order valence-electron chi connectivity index (χ1n) is 15.2. The molecule has 38 heavy (non-hydrogen) atoms. The van der Waals surface area contributed by atoms with Gasteiger partial charge >= 0.3 is 0 Å². The van der Waals surface area contributed by atoms with E-state index in [9.17, 15) is 4.79 Å². The van der Waals surface area contributed by atoms with Gasteiger partial charge in [0.2, 0.25) is 5.91 Å². The Balaban J connectivity index is 1.69. The summed E-state index contributed by atoms with van der Waals surface area (Å²) in [5, 5.41) is 0. The van der Waals surface area contributed by atoms with E-state index in [0.29, 0.717) is 5.57 Å². The maximum Gasteiger partial charge on any atom is 0.248 e. The molecular formula is C36H51NO. The number of nitrogens with two attached hydrogens (primary N) is 1. The van der Waals surface area contributed by atoms with Crippen molar-refractivity contribution in [1.82, 2.24) is 0 Å². The van der Waals surface area contributed by atoms with Gasteiger partial charge in [-0.25, -0.2) is 0 Å². The van der Waals surface area contributed by atoms with Gasteiger partial charge in [-0.3, -0.25) is 4.79 Å². The van der Waals surface area contributed by atoms with Crippen LogP contribution < -0.4 is 5.73 Å². The second-order valence-electron chi connectivity index (χ2n) is 10.5. The lowest BCUT2D eigenvalue weighted by atomic mass is 9.94. The number of benzene rings is 2. The second-order valence-corrected chi connectivity index (χ2v) is 10.5. The highest BCUT2D eigenvalue weighted by Crippen LogP contribution is 2.24. The Kier molecular flexibility index (Phi) is 17.4. The molecule has 0 aliphatic carbocycles. The molecule has 0 radical (unpaired) electrons. The molecule has 0 fully saturated rings. The zero-order chi connectivity index (χ0) is 27.1. The number of rotatable bonds is 21. The van der Waals surface area contributed by atoms with Gasteiger partial charge in [0, 0.05) is 5.57 Å². The number of carbonyl (C=O) groups is 1. The van der Waals surface area contributed by atoms with Crippen molar-refractivity contribution in [2.24, 2.45) is 5.73 Å². The molecule has 0 atom stereocenters. The molecule has 0 spiro atoms. The van der Waals surface area contributed by atoms with Crippen LogP contribution in [0.2, 0.25) is 0 Å². The van der Waals surface area contributed by atoms with Crippen molar-refractivity contribution >= 4 is 18.1 Å². The van der Waals surface area contributed by atoms with Crippen LogP contribution in [0.15, 0.2) is 84.0 Å². The predicted molar refractivity (Wildman–Crippen MR) is 167 cm³/mol. The van der Waals surface area contributed by atoms with Gasteiger partial charge in [-0.1, -0.05) is 150 Å². The lowest BCUT2D eigenvalue weighted by molar-refractivity contribution is -0.114. The fourth-order valence-corrected chi connectivity index (χ4v) is 4.81. The number of amides is 1. The summed E-state index contributed by atoms with van der Waals surface area (Å²) in [7, 11) is 0. The van der Waals surface area contributed by atoms with Crippen LogP contribution in [0, 0.1) is 0 Å². The minimum atomic E-state index is -0.364. The van der Waals surface area contributed by atoms with Crippen molar-refractivity contribution in [2.45, 2.75) is 110 Å². The van der Waals surface area contributed by atoms with Crippen molar-refractivity contribution in [3.8, 4) is 0 Å². The van der Waals surface area contributed by atoms with E-state index in [0.717, 1.165) is 29.5 Å². The lowest BCUT2D eigenvalue weighted by Crippen LogP contribution is -2.15. The lowest BCUT2D eigenvalue weighted by Gasteiger charge is -2.11. The van der Waals surface area contributed by atoms with Gasteiger partial charge in [0.15, 0.2) is 0 Å². The maximum atomic E-state index is 12.4. The van der Waals surface area contributed by atoms with Gasteiger partial charge in [0.25, 0.3) is 0 Å². The fourth-order valence-electron chi connectivity index (χ4n) is 4.81. The average Bonchev–Trinajstić information content (AvgIpc) is 2.94. The van der Waals surface area contributed by atoms with Gasteiger partial charge in [-0.2, -0.15) is 0 Å². The van der Waals surface area contributed by atoms with Crippen LogP contribution in [0.1, 0.15) is 121 Å². The third-order valence-electron chi connectivity index (χ3n) is 7.07. The normalized spacial score (nSPS) is 12.3. The predicted octanol–water partition coefficient (Wildman–Crippen LogP) is 10.5. The van der Waals surface area contributed by atoms with Gasteiger partial charge < -0.3 is 5.73 Å². The Morgan fingerprint density at radius 2 is 1.05 bits per heavy atom. The molecule has 2 heteroatoms. The van der Waals surface area contributed by atoms with E-state index in [1.165, 1.54) is 89.9 Å². The number of carbonyl (C=O) groups excluding carboxylic acids is 1. The molecule has 0 saturated carbocycles. The molecule has 1 amide bonds. The van der Waals surface area contributed by atoms with Crippen LogP contribution in [0.5, 0.6) is 0 Å². The van der Waals surface area contributed by atoms with Crippen LogP contribution in [0.3, 0.4) is 0 Å². The van der Waals surface area contributed by atoms with E-state index in [1.807, 2.05) is 54.6 Å². The van der Waals surface area contributed by atoms with Gasteiger partial charge in [0.1, 0.15) is 0 Å². The maximum absolute atomic E-state index is 12.4. The smallest absolute Gasteiger partial charge is 0.248 e. The van der Waals surface area contributed by atoms with Crippen molar-refractivity contribution in [1.29, 1.82) is 0 Å². The van der Waals surface area contributed by atoms with Crippen LogP contribution in [-0.2, 0) is 4.79 Å². The van der Waals surface area contributed by atoms with E-state index < -0.39 is 0 Å². The van der Waals surface area contributed by atoms with E-state index in [4.69, 9.17) is 5.73 Å². The fraction of sp³-hybridized carbons (Fsp3) is 0.472. The van der Waals surface area contributed by atoms with Crippen LogP contribution in [0.4, 0.5) is 0 Å². The number of primary amides is 1. The first-order valence-corrected chi connectivity index (χ1v) is 15.2. The number of allylic oxidation sites excluding steroid dienone is 2. The summed E-state index contributed by atoms with van der Waals surface area (Å²) in [6.45, 7) is 2.28. The van der Waals surface area contributed by atoms with Crippen LogP contribution in [0.25, 0.3) is 12.2 Å². The highest BCUT2D eigenvalue weighted by Gasteiger charge is 2.12. The molecule has 0 aromatic heterocycles. The third-order valence-corrected chi connectivity index (χ3v) is 7.07. The van der Waals surface area contributed by atoms with E-state index in [1.54, 1.807) is 0 Å². The molecule has 2 aromatic rings. The largest absolute Gasteiger partial charge is 0.366 e. The van der Waals surface area contributed by atoms with E-state index in [-0.39, 0.29) is 5.91 Å². The Labute approximate surface area is 233 Å². The van der Waals surface area contributed by atoms with Crippen LogP contribution in [-0.4, -0.2) is 5.91 Å². The molecule has 2 rings (SSSR count). The summed E-state index contributed by atoms with van der Waals surface area (Å²) in [5.74, 6) is -0.364. The molecule has 0 aliphatic rings. The van der Waals surface area contributed by atoms with Crippen LogP contribution >= 0.6 is 0 Å². The SMILES string of the molecule is CCCCCCCC/C=C\CCCCCCCCCC(=C\c1ccccc1)/C(=C/c1ccccc1)C(N)=O. The average molecular weight is 514 g/mol. The third kappa shape index (κ3) is 14.8. The summed E-state index contributed by atoms with van der Waals surface area (Å²) in [6, 6.07) is 20.2. The molecule has 0 heterocycles. The molecule has 206 valence electrons. The zero-order valence-electron chi connectivity index (χ0n) is 23.9. The first kappa shape index (κ1) is 31.3. The molecule has 2 aromatic carbocycles. The standard InChI is InChI=1S/C36H51NO/c1-2-3-4-5-6-7-8-9-10-11-12-13-14-15-16-17-24-29-34(30-32-25-20-18-21-26-32)35(36(37)38)31-33-27-22-19-23-28-33/h9-10,18-23,25-28,30-31H,2-8,11-17,24,29H2,1H3,(H2,37,38)/b10-9-,34-30+,35-31-. The van der Waals surface area contributed by atoms with Crippen molar-refractivity contribution in [3.05, 3.63) is 95.1 Å².